The minimum absolute atomic E-state index is 0.459. The average molecular weight is 350 g/mol. The van der Waals surface area contributed by atoms with Crippen molar-refractivity contribution in [2.75, 3.05) is 0 Å². The summed E-state index contributed by atoms with van der Waals surface area (Å²) < 4.78 is -0.459. The number of thiol groups is 1. The largest absolute Gasteiger partial charge is 0.158 e. The molecule has 4 aromatic rings. The molecule has 4 aromatic carbocycles. The van der Waals surface area contributed by atoms with E-state index in [0.717, 1.165) is 0 Å². The molecule has 0 fully saturated rings. The second-order valence-electron chi connectivity index (χ2n) is 6.72. The van der Waals surface area contributed by atoms with Gasteiger partial charge in [0.25, 0.3) is 0 Å². The van der Waals surface area contributed by atoms with Gasteiger partial charge in [-0.15, -0.1) is 0 Å². The van der Waals surface area contributed by atoms with E-state index in [9.17, 15) is 0 Å². The van der Waals surface area contributed by atoms with Crippen molar-refractivity contribution in [2.24, 2.45) is 0 Å². The molecule has 5 rings (SSSR count). The minimum atomic E-state index is -0.459. The van der Waals surface area contributed by atoms with Gasteiger partial charge in [0.1, 0.15) is 0 Å². The van der Waals surface area contributed by atoms with Crippen molar-refractivity contribution in [1.82, 2.24) is 0 Å². The first kappa shape index (κ1) is 15.5. The van der Waals surface area contributed by atoms with Gasteiger partial charge < -0.3 is 0 Å². The molecule has 0 heterocycles. The molecule has 0 amide bonds. The van der Waals surface area contributed by atoms with Crippen LogP contribution in [-0.2, 0) is 4.75 Å². The molecule has 0 saturated heterocycles. The Kier molecular flexibility index (Phi) is 3.51. The van der Waals surface area contributed by atoms with Gasteiger partial charge >= 0.3 is 0 Å². The Labute approximate surface area is 159 Å². The second-order valence-corrected chi connectivity index (χ2v) is 7.39. The molecule has 1 heteroatoms. The van der Waals surface area contributed by atoms with E-state index in [0.29, 0.717) is 0 Å². The lowest BCUT2D eigenvalue weighted by Gasteiger charge is -2.29. The molecule has 1 aliphatic carbocycles. The molecule has 0 bridgehead atoms. The summed E-state index contributed by atoms with van der Waals surface area (Å²) in [6, 6.07) is 36.5. The Hall–Kier alpha value is -2.77. The van der Waals surface area contributed by atoms with Crippen LogP contribution in [0.2, 0.25) is 0 Å². The highest BCUT2D eigenvalue weighted by Crippen LogP contribution is 2.57. The summed E-state index contributed by atoms with van der Waals surface area (Å²) in [7, 11) is 0. The van der Waals surface area contributed by atoms with Gasteiger partial charge in [-0.3, -0.25) is 0 Å². The van der Waals surface area contributed by atoms with Gasteiger partial charge in [0.15, 0.2) is 0 Å². The van der Waals surface area contributed by atoms with Gasteiger partial charge in [-0.2, -0.15) is 12.6 Å². The number of fused-ring (bicyclic) bond motifs is 3. The van der Waals surface area contributed by atoms with Crippen LogP contribution in [-0.4, -0.2) is 0 Å². The summed E-state index contributed by atoms with van der Waals surface area (Å²) >= 11 is 5.35. The fourth-order valence-corrected chi connectivity index (χ4v) is 4.76. The van der Waals surface area contributed by atoms with Gasteiger partial charge in [0.2, 0.25) is 0 Å². The van der Waals surface area contributed by atoms with Crippen LogP contribution in [0.5, 0.6) is 0 Å². The Morgan fingerprint density at radius 1 is 0.500 bits per heavy atom. The molecule has 0 radical (unpaired) electrons. The maximum absolute atomic E-state index is 5.35. The van der Waals surface area contributed by atoms with E-state index < -0.39 is 4.75 Å². The van der Waals surface area contributed by atoms with Crippen molar-refractivity contribution >= 4 is 12.6 Å². The first-order chi connectivity index (χ1) is 12.8. The van der Waals surface area contributed by atoms with E-state index in [-0.39, 0.29) is 0 Å². The van der Waals surface area contributed by atoms with Crippen LogP contribution < -0.4 is 0 Å². The number of benzene rings is 4. The van der Waals surface area contributed by atoms with Crippen LogP contribution in [0, 0.1) is 0 Å². The van der Waals surface area contributed by atoms with Crippen molar-refractivity contribution in [3.63, 3.8) is 0 Å². The fraction of sp³-hybridized carbons (Fsp3) is 0.0400. The zero-order chi connectivity index (χ0) is 17.6. The van der Waals surface area contributed by atoms with Gasteiger partial charge in [-0.1, -0.05) is 103 Å². The molecule has 0 saturated carbocycles. The molecule has 1 unspecified atom stereocenters. The van der Waals surface area contributed by atoms with Crippen molar-refractivity contribution in [3.8, 4) is 22.3 Å². The van der Waals surface area contributed by atoms with Gasteiger partial charge in [-0.05, 0) is 38.9 Å². The normalized spacial score (nSPS) is 17.6. The number of hydrogen-bond donors (Lipinski definition) is 1. The zero-order valence-electron chi connectivity index (χ0n) is 14.3. The van der Waals surface area contributed by atoms with E-state index in [1.54, 1.807) is 0 Å². The molecule has 0 spiro atoms. The molecule has 0 N–H and O–H groups in total. The molecule has 124 valence electrons. The highest BCUT2D eigenvalue weighted by atomic mass is 32.1. The van der Waals surface area contributed by atoms with Crippen molar-refractivity contribution in [2.45, 2.75) is 4.75 Å². The third kappa shape index (κ3) is 2.11. The molecule has 26 heavy (non-hydrogen) atoms. The van der Waals surface area contributed by atoms with E-state index in [4.69, 9.17) is 12.6 Å². The summed E-state index contributed by atoms with van der Waals surface area (Å²) in [5, 5.41) is 0. The summed E-state index contributed by atoms with van der Waals surface area (Å²) in [6.45, 7) is 0. The number of rotatable bonds is 2. The minimum Gasteiger partial charge on any atom is -0.158 e. The standard InChI is InChI=1S/C25H18S/c26-25(19-12-5-2-6-13-19)23-17-8-7-14-21(23)22-16-9-15-20(24(22)25)18-10-3-1-4-11-18/h1-17,26H. The predicted octanol–water partition coefficient (Wildman–Crippen LogP) is 6.56. The average Bonchev–Trinajstić information content (AvgIpc) is 3.00. The van der Waals surface area contributed by atoms with Gasteiger partial charge in [0, 0.05) is 0 Å². The maximum Gasteiger partial charge on any atom is 0.0896 e. The monoisotopic (exact) mass is 350 g/mol. The van der Waals surface area contributed by atoms with Crippen LogP contribution in [0.4, 0.5) is 0 Å². The molecule has 1 aliphatic rings. The summed E-state index contributed by atoms with van der Waals surface area (Å²) in [5.41, 5.74) is 8.78. The highest BCUT2D eigenvalue weighted by Gasteiger charge is 2.43. The van der Waals surface area contributed by atoms with Crippen molar-refractivity contribution < 1.29 is 0 Å². The molecular formula is C25H18S. The fourth-order valence-electron chi connectivity index (χ4n) is 4.17. The Balaban J connectivity index is 1.89. The lowest BCUT2D eigenvalue weighted by Crippen LogP contribution is -2.20. The lowest BCUT2D eigenvalue weighted by atomic mass is 9.84. The molecular weight excluding hydrogens is 332 g/mol. The molecule has 0 aliphatic heterocycles. The first-order valence-electron chi connectivity index (χ1n) is 8.87. The molecule has 0 aromatic heterocycles. The van der Waals surface area contributed by atoms with Crippen LogP contribution in [0.15, 0.2) is 103 Å². The van der Waals surface area contributed by atoms with Crippen molar-refractivity contribution in [1.29, 1.82) is 0 Å². The van der Waals surface area contributed by atoms with E-state index in [1.165, 1.54) is 38.9 Å². The number of hydrogen-bond acceptors (Lipinski definition) is 1. The quantitative estimate of drug-likeness (QED) is 0.389. The Bertz CT molecular complexity index is 1080. The summed E-state index contributed by atoms with van der Waals surface area (Å²) in [4.78, 5) is 0. The smallest absolute Gasteiger partial charge is 0.0896 e. The van der Waals surface area contributed by atoms with Crippen molar-refractivity contribution in [3.05, 3.63) is 120 Å². The van der Waals surface area contributed by atoms with E-state index in [2.05, 4.69) is 103 Å². The predicted molar refractivity (Wildman–Crippen MR) is 113 cm³/mol. The van der Waals surface area contributed by atoms with Crippen LogP contribution in [0.1, 0.15) is 16.7 Å². The Morgan fingerprint density at radius 2 is 1.08 bits per heavy atom. The van der Waals surface area contributed by atoms with E-state index in [1.807, 2.05) is 0 Å². The van der Waals surface area contributed by atoms with Gasteiger partial charge in [0.05, 0.1) is 4.75 Å². The topological polar surface area (TPSA) is 0 Å². The van der Waals surface area contributed by atoms with Crippen LogP contribution >= 0.6 is 12.6 Å². The Morgan fingerprint density at radius 3 is 1.85 bits per heavy atom. The van der Waals surface area contributed by atoms with Crippen LogP contribution in [0.25, 0.3) is 22.3 Å². The third-order valence-electron chi connectivity index (χ3n) is 5.31. The SMILES string of the molecule is SC1(c2ccccc2)c2ccccc2-c2cccc(-c3ccccc3)c21. The van der Waals surface area contributed by atoms with E-state index >= 15 is 0 Å². The zero-order valence-corrected chi connectivity index (χ0v) is 15.2. The maximum atomic E-state index is 5.35. The summed E-state index contributed by atoms with van der Waals surface area (Å²) in [5.74, 6) is 0. The molecule has 1 atom stereocenters. The highest BCUT2D eigenvalue weighted by molar-refractivity contribution is 7.82. The summed E-state index contributed by atoms with van der Waals surface area (Å²) in [6.07, 6.45) is 0. The first-order valence-corrected chi connectivity index (χ1v) is 9.31. The lowest BCUT2D eigenvalue weighted by molar-refractivity contribution is 0.940. The second kappa shape index (κ2) is 5.89. The van der Waals surface area contributed by atoms with Crippen LogP contribution in [0.3, 0.4) is 0 Å². The third-order valence-corrected chi connectivity index (χ3v) is 6.03. The molecule has 0 nitrogen and oxygen atoms in total. The van der Waals surface area contributed by atoms with Gasteiger partial charge in [-0.25, -0.2) is 0 Å².